The summed E-state index contributed by atoms with van der Waals surface area (Å²) in [5, 5.41) is 0. The van der Waals surface area contributed by atoms with Crippen molar-refractivity contribution in [3.63, 3.8) is 0 Å². The summed E-state index contributed by atoms with van der Waals surface area (Å²) in [6.45, 7) is 0. The molecule has 0 unspecified atom stereocenters. The van der Waals surface area contributed by atoms with Crippen LogP contribution in [-0.4, -0.2) is 0 Å². The molecule has 0 rings (SSSR count). The van der Waals surface area contributed by atoms with Crippen molar-refractivity contribution in [1.29, 1.82) is 0 Å². The summed E-state index contributed by atoms with van der Waals surface area (Å²) in [5.41, 5.74) is 0. The number of rotatable bonds is 0. The van der Waals surface area contributed by atoms with Crippen LogP contribution in [0.1, 0.15) is 0 Å². The van der Waals surface area contributed by atoms with E-state index in [-0.39, 0.29) is 212 Å². The second kappa shape index (κ2) is 59.9. The summed E-state index contributed by atoms with van der Waals surface area (Å²) >= 11 is 0. The molecule has 0 aliphatic carbocycles. The van der Waals surface area contributed by atoms with E-state index in [2.05, 4.69) is 0 Å². The molecule has 0 fully saturated rings. The van der Waals surface area contributed by atoms with Gasteiger partial charge in [0.1, 0.15) is 0 Å². The second-order valence-corrected chi connectivity index (χ2v) is 0. The van der Waals surface area contributed by atoms with Gasteiger partial charge in [-0.1, -0.05) is 0 Å². The van der Waals surface area contributed by atoms with Crippen molar-refractivity contribution in [2.45, 2.75) is 0 Å². The van der Waals surface area contributed by atoms with Gasteiger partial charge in [-0.05, 0) is 0 Å². The standard InChI is InChI=1S/8Au.Y. The normalized spacial score (nSPS) is 0. The summed E-state index contributed by atoms with van der Waals surface area (Å²) in [4.78, 5) is 0. The second-order valence-electron chi connectivity index (χ2n) is 0. The molecule has 0 saturated heterocycles. The third kappa shape index (κ3) is 51.6. The van der Waals surface area contributed by atoms with Crippen LogP contribution in [0.4, 0.5) is 0 Å². The summed E-state index contributed by atoms with van der Waals surface area (Å²) in [6.07, 6.45) is 0. The molecule has 0 nitrogen and oxygen atoms in total. The molecule has 0 bridgehead atoms. The van der Waals surface area contributed by atoms with Gasteiger partial charge in [0.25, 0.3) is 0 Å². The zero-order valence-electron chi connectivity index (χ0n) is 2.99. The third-order valence-electron chi connectivity index (χ3n) is 0. The number of hydrogen-bond donors (Lipinski definition) is 0. The van der Waals surface area contributed by atoms with Crippen molar-refractivity contribution in [3.8, 4) is 0 Å². The Hall–Kier alpha value is 7.03. The van der Waals surface area contributed by atoms with E-state index in [1.165, 1.54) is 0 Å². The first-order valence-electron chi connectivity index (χ1n) is 0. The monoisotopic (exact) mass is 1660 g/mol. The van der Waals surface area contributed by atoms with E-state index >= 15 is 0 Å². The molecule has 9 radical (unpaired) electrons. The van der Waals surface area contributed by atoms with Gasteiger partial charge in [0, 0.05) is 212 Å². The van der Waals surface area contributed by atoms with Crippen LogP contribution < -0.4 is 0 Å². The van der Waals surface area contributed by atoms with Gasteiger partial charge in [0.15, 0.2) is 0 Å². The van der Waals surface area contributed by atoms with Gasteiger partial charge in [-0.2, -0.15) is 0 Å². The molecule has 0 amide bonds. The summed E-state index contributed by atoms with van der Waals surface area (Å²) < 4.78 is 0. The van der Waals surface area contributed by atoms with Gasteiger partial charge in [-0.3, -0.25) is 0 Å². The minimum atomic E-state index is 0. The van der Waals surface area contributed by atoms with Crippen molar-refractivity contribution in [3.05, 3.63) is 0 Å². The Labute approximate surface area is 206 Å². The van der Waals surface area contributed by atoms with E-state index in [0.717, 1.165) is 0 Å². The molecule has 9 heteroatoms. The Morgan fingerprint density at radius 2 is 0.222 bits per heavy atom. The van der Waals surface area contributed by atoms with Crippen molar-refractivity contribution in [2.24, 2.45) is 0 Å². The molecule has 91 valence electrons. The maximum absolute atomic E-state index is 0. The molecular formula is Au8Y. The van der Waals surface area contributed by atoms with Crippen LogP contribution in [0.3, 0.4) is 0 Å². The summed E-state index contributed by atoms with van der Waals surface area (Å²) in [7, 11) is 0. The van der Waals surface area contributed by atoms with Gasteiger partial charge < -0.3 is 0 Å². The molecule has 0 aliphatic heterocycles. The average molecular weight is 1660 g/mol. The van der Waals surface area contributed by atoms with E-state index in [4.69, 9.17) is 0 Å². The number of hydrogen-bond acceptors (Lipinski definition) is 0. The first-order chi connectivity index (χ1) is 0. The molecule has 0 aromatic carbocycles. The van der Waals surface area contributed by atoms with Crippen molar-refractivity contribution >= 4 is 0 Å². The first kappa shape index (κ1) is 73.3. The molecule has 0 saturated carbocycles. The van der Waals surface area contributed by atoms with Crippen LogP contribution in [0, 0.1) is 0 Å². The Bertz CT molecular complexity index is 4.53. The third-order valence-corrected chi connectivity index (χ3v) is 0. The molecule has 0 aliphatic rings. The van der Waals surface area contributed by atoms with E-state index < -0.39 is 0 Å². The SMILES string of the molecule is [Au].[Au].[Au].[Au].[Au].[Au].[Au].[Au].[Y]. The van der Waals surface area contributed by atoms with E-state index in [0.29, 0.717) is 0 Å². The Morgan fingerprint density at radius 3 is 0.222 bits per heavy atom. The quantitative estimate of drug-likeness (QED) is 0.300. The minimum absolute atomic E-state index is 0. The van der Waals surface area contributed by atoms with E-state index in [1.54, 1.807) is 0 Å². The first-order valence-corrected chi connectivity index (χ1v) is 0. The molecular weight excluding hydrogens is 1660 g/mol. The average Bonchev–Trinajstić information content (AvgIpc) is 0. The fourth-order valence-electron chi connectivity index (χ4n) is 0. The topological polar surface area (TPSA) is 0 Å². The molecule has 0 heterocycles. The van der Waals surface area contributed by atoms with Crippen LogP contribution in [0.5, 0.6) is 0 Å². The van der Waals surface area contributed by atoms with E-state index in [9.17, 15) is 0 Å². The molecule has 0 N–H and O–H groups in total. The van der Waals surface area contributed by atoms with Gasteiger partial charge in [-0.15, -0.1) is 0 Å². The predicted octanol–water partition coefficient (Wildman–Crippen LogP) is -0.0225. The smallest absolute Gasteiger partial charge is 0 e. The van der Waals surface area contributed by atoms with Gasteiger partial charge in [0.05, 0.1) is 0 Å². The Morgan fingerprint density at radius 1 is 0.222 bits per heavy atom. The molecule has 9 heavy (non-hydrogen) atoms. The zero-order valence-corrected chi connectivity index (χ0v) is 23.2. The Balaban J connectivity index is 0. The van der Waals surface area contributed by atoms with Crippen LogP contribution in [0.2, 0.25) is 0 Å². The maximum Gasteiger partial charge on any atom is 0 e. The molecule has 0 spiro atoms. The summed E-state index contributed by atoms with van der Waals surface area (Å²) in [6, 6.07) is 0. The van der Waals surface area contributed by atoms with Crippen molar-refractivity contribution in [2.75, 3.05) is 0 Å². The van der Waals surface area contributed by atoms with Crippen LogP contribution in [0.25, 0.3) is 0 Å². The van der Waals surface area contributed by atoms with Crippen molar-refractivity contribution in [1.82, 2.24) is 0 Å². The predicted molar refractivity (Wildman–Crippen MR) is 0 cm³/mol. The molecule has 0 atom stereocenters. The van der Waals surface area contributed by atoms with E-state index in [1.807, 2.05) is 0 Å². The van der Waals surface area contributed by atoms with Gasteiger partial charge in [0.2, 0.25) is 0 Å². The van der Waals surface area contributed by atoms with Gasteiger partial charge >= 0.3 is 0 Å². The fourth-order valence-corrected chi connectivity index (χ4v) is 0. The molecule has 0 aromatic rings. The van der Waals surface area contributed by atoms with Crippen LogP contribution >= 0.6 is 0 Å². The molecule has 0 aromatic heterocycles. The summed E-state index contributed by atoms with van der Waals surface area (Å²) in [5.74, 6) is 0. The maximum atomic E-state index is 0. The fraction of sp³-hybridized carbons (Fsp3) is 0. The van der Waals surface area contributed by atoms with Crippen molar-refractivity contribution < 1.29 is 212 Å². The Kier molecular flexibility index (Phi) is 488. The van der Waals surface area contributed by atoms with Gasteiger partial charge in [-0.25, -0.2) is 0 Å². The largest absolute Gasteiger partial charge is 0 e. The van der Waals surface area contributed by atoms with Crippen LogP contribution in [0.15, 0.2) is 0 Å². The zero-order chi connectivity index (χ0) is 0. The van der Waals surface area contributed by atoms with Crippen LogP contribution in [-0.2, 0) is 212 Å². The minimum Gasteiger partial charge on any atom is 0 e.